The van der Waals surface area contributed by atoms with Crippen LogP contribution in [0.2, 0.25) is 0 Å². The number of allylic oxidation sites excluding steroid dienone is 11. The fourth-order valence-corrected chi connectivity index (χ4v) is 7.17. The maximum Gasteiger partial charge on any atom is 0.306 e. The molecule has 0 aliphatic heterocycles. The van der Waals surface area contributed by atoms with E-state index in [4.69, 9.17) is 18.5 Å². The van der Waals surface area contributed by atoms with Gasteiger partial charge >= 0.3 is 11.9 Å². The van der Waals surface area contributed by atoms with Gasteiger partial charge in [0.15, 0.2) is 6.10 Å². The van der Waals surface area contributed by atoms with Crippen molar-refractivity contribution in [3.05, 3.63) is 72.9 Å². The van der Waals surface area contributed by atoms with Crippen molar-refractivity contribution in [3.63, 3.8) is 0 Å². The minimum atomic E-state index is -4.68. The highest BCUT2D eigenvalue weighted by Gasteiger charge is 2.22. The van der Waals surface area contributed by atoms with Gasteiger partial charge in [-0.05, 0) is 70.6 Å². The van der Waals surface area contributed by atoms with Crippen molar-refractivity contribution in [1.29, 1.82) is 0 Å². The molecule has 10 nitrogen and oxygen atoms in total. The van der Waals surface area contributed by atoms with E-state index >= 15 is 0 Å². The highest BCUT2D eigenvalue weighted by atomic mass is 31.2. The number of likely N-dealkylation sites (N-methyl/N-ethyl adjacent to an activating group) is 1. The van der Waals surface area contributed by atoms with Crippen molar-refractivity contribution in [2.24, 2.45) is 0 Å². The van der Waals surface area contributed by atoms with Gasteiger partial charge in [0.05, 0.1) is 33.9 Å². The molecule has 0 aromatic heterocycles. The molecule has 0 spiro atoms. The van der Waals surface area contributed by atoms with Gasteiger partial charge in [0.2, 0.25) is 0 Å². The van der Waals surface area contributed by atoms with E-state index < -0.39 is 38.6 Å². The number of esters is 2. The number of carbonyl (C=O) groups is 2. The molecule has 364 valence electrons. The fraction of sp³-hybridized carbons (Fsp3) is 0.731. The summed E-state index contributed by atoms with van der Waals surface area (Å²) in [6.07, 6.45) is 51.1. The van der Waals surface area contributed by atoms with Crippen LogP contribution in [0, 0.1) is 0 Å². The number of aliphatic hydroxyl groups is 1. The molecule has 0 heterocycles. The largest absolute Gasteiger partial charge is 0.756 e. The molecular weight excluding hydrogens is 814 g/mol. The zero-order valence-electron chi connectivity index (χ0n) is 40.6. The standard InChI is InChI=1S/C52H92NO9P/c1-6-8-10-12-14-16-18-20-21-22-23-24-25-26-27-29-31-33-35-37-39-43-52(56)62-50(48-61-63(57,58)60-46-45-53(3,4)5)47-59-51(55)44-40-42-49(54)41-38-36-34-32-30-28-19-17-15-13-11-9-7-2/h9,11,15,17,20-21,28,30,34,36,38,41,49-50,54H,6-8,10,12-14,16,18-19,22-27,29,31-33,35,37,39-40,42-48H2,1-5H3/b11-9-,17-15-,21-20-,30-28-,36-34-,41-38+/t49?,50-/m1/s1. The van der Waals surface area contributed by atoms with Crippen molar-refractivity contribution in [2.45, 2.75) is 199 Å². The summed E-state index contributed by atoms with van der Waals surface area (Å²) in [4.78, 5) is 37.7. The second-order valence-corrected chi connectivity index (χ2v) is 19.1. The molecule has 0 amide bonds. The van der Waals surface area contributed by atoms with Crippen LogP contribution >= 0.6 is 7.82 Å². The van der Waals surface area contributed by atoms with Crippen LogP contribution in [0.4, 0.5) is 0 Å². The van der Waals surface area contributed by atoms with Gasteiger partial charge < -0.3 is 33.0 Å². The monoisotopic (exact) mass is 906 g/mol. The van der Waals surface area contributed by atoms with Gasteiger partial charge in [-0.1, -0.05) is 177 Å². The lowest BCUT2D eigenvalue weighted by molar-refractivity contribution is -0.870. The minimum Gasteiger partial charge on any atom is -0.756 e. The first kappa shape index (κ1) is 60.4. The maximum atomic E-state index is 12.7. The quantitative estimate of drug-likeness (QED) is 0.0158. The van der Waals surface area contributed by atoms with E-state index in [2.05, 4.69) is 62.5 Å². The SMILES string of the molecule is CC/C=C\C/C=C\C/C=C\C/C=C\C=C\C(O)CCCC(=O)OC[C@H](COP(=O)([O-])OCC[N+](C)(C)C)OC(=O)CCCCCCCCCCCCC/C=C\CCCCCCCC. The highest BCUT2D eigenvalue weighted by molar-refractivity contribution is 7.45. The number of nitrogens with zero attached hydrogens (tertiary/aromatic N) is 1. The first-order chi connectivity index (χ1) is 30.4. The number of hydrogen-bond donors (Lipinski definition) is 1. The third kappa shape index (κ3) is 47.2. The van der Waals surface area contributed by atoms with E-state index in [1.54, 1.807) is 12.2 Å². The maximum absolute atomic E-state index is 12.7. The summed E-state index contributed by atoms with van der Waals surface area (Å²) >= 11 is 0. The molecule has 3 atom stereocenters. The summed E-state index contributed by atoms with van der Waals surface area (Å²) < 4.78 is 33.8. The number of unbranched alkanes of at least 4 members (excludes halogenated alkanes) is 17. The third-order valence-corrected chi connectivity index (χ3v) is 11.3. The summed E-state index contributed by atoms with van der Waals surface area (Å²) in [6.45, 7) is 3.89. The van der Waals surface area contributed by atoms with Crippen molar-refractivity contribution >= 4 is 19.8 Å². The number of carbonyl (C=O) groups excluding carboxylic acids is 2. The molecule has 0 rings (SSSR count). The molecule has 0 aromatic carbocycles. The number of rotatable bonds is 44. The molecule has 0 fully saturated rings. The molecule has 2 unspecified atom stereocenters. The average Bonchev–Trinajstić information content (AvgIpc) is 3.23. The molecule has 63 heavy (non-hydrogen) atoms. The van der Waals surface area contributed by atoms with E-state index in [1.807, 2.05) is 33.3 Å². The number of hydrogen-bond acceptors (Lipinski definition) is 9. The number of ether oxygens (including phenoxy) is 2. The Morgan fingerprint density at radius 1 is 0.603 bits per heavy atom. The Balaban J connectivity index is 4.44. The lowest BCUT2D eigenvalue weighted by Crippen LogP contribution is -2.37. The van der Waals surface area contributed by atoms with Crippen LogP contribution in [0.25, 0.3) is 0 Å². The Kier molecular flexibility index (Phi) is 41.5. The first-order valence-corrected chi connectivity index (χ1v) is 26.2. The Labute approximate surface area is 385 Å². The number of phosphoric acid groups is 1. The second-order valence-electron chi connectivity index (χ2n) is 17.6. The normalized spacial score (nSPS) is 14.6. The smallest absolute Gasteiger partial charge is 0.306 e. The molecule has 11 heteroatoms. The van der Waals surface area contributed by atoms with E-state index in [-0.39, 0.29) is 26.1 Å². The second kappa shape index (κ2) is 43.3. The van der Waals surface area contributed by atoms with Crippen LogP contribution in [0.1, 0.15) is 187 Å². The van der Waals surface area contributed by atoms with Crippen molar-refractivity contribution in [2.75, 3.05) is 47.5 Å². The van der Waals surface area contributed by atoms with Gasteiger partial charge in [0.1, 0.15) is 19.8 Å². The summed E-state index contributed by atoms with van der Waals surface area (Å²) in [5.74, 6) is -1.04. The predicted molar refractivity (Wildman–Crippen MR) is 260 cm³/mol. The first-order valence-electron chi connectivity index (χ1n) is 24.8. The lowest BCUT2D eigenvalue weighted by atomic mass is 10.0. The summed E-state index contributed by atoms with van der Waals surface area (Å²) in [6, 6.07) is 0. The molecule has 0 aliphatic rings. The van der Waals surface area contributed by atoms with Gasteiger partial charge in [0.25, 0.3) is 7.82 Å². The van der Waals surface area contributed by atoms with E-state index in [1.165, 1.54) is 96.3 Å². The van der Waals surface area contributed by atoms with Crippen molar-refractivity contribution < 1.29 is 47.2 Å². The van der Waals surface area contributed by atoms with Gasteiger partial charge in [-0.15, -0.1) is 0 Å². The van der Waals surface area contributed by atoms with Crippen LogP contribution in [0.3, 0.4) is 0 Å². The predicted octanol–water partition coefficient (Wildman–Crippen LogP) is 12.9. The summed E-state index contributed by atoms with van der Waals surface area (Å²) in [5.41, 5.74) is 0. The Hall–Kier alpha value is -2.59. The lowest BCUT2D eigenvalue weighted by Gasteiger charge is -2.28. The number of phosphoric ester groups is 1. The Morgan fingerprint density at radius 2 is 1.11 bits per heavy atom. The van der Waals surface area contributed by atoms with Crippen LogP contribution in [-0.4, -0.2) is 81.2 Å². The highest BCUT2D eigenvalue weighted by Crippen LogP contribution is 2.38. The van der Waals surface area contributed by atoms with Gasteiger partial charge in [-0.25, -0.2) is 0 Å². The van der Waals surface area contributed by atoms with Gasteiger partial charge in [-0.2, -0.15) is 0 Å². The van der Waals surface area contributed by atoms with Crippen molar-refractivity contribution in [1.82, 2.24) is 0 Å². The topological polar surface area (TPSA) is 131 Å². The zero-order valence-corrected chi connectivity index (χ0v) is 41.5. The number of quaternary nitrogens is 1. The molecule has 0 bridgehead atoms. The third-order valence-electron chi connectivity index (χ3n) is 10.3. The Morgan fingerprint density at radius 3 is 1.67 bits per heavy atom. The van der Waals surface area contributed by atoms with E-state index in [0.717, 1.165) is 44.9 Å². The van der Waals surface area contributed by atoms with Gasteiger partial charge in [-0.3, -0.25) is 14.2 Å². The van der Waals surface area contributed by atoms with E-state index in [9.17, 15) is 24.2 Å². The summed E-state index contributed by atoms with van der Waals surface area (Å²) in [5, 5.41) is 10.3. The van der Waals surface area contributed by atoms with Crippen LogP contribution in [0.5, 0.6) is 0 Å². The van der Waals surface area contributed by atoms with Crippen LogP contribution < -0.4 is 4.89 Å². The molecule has 0 saturated carbocycles. The average molecular weight is 906 g/mol. The fourth-order valence-electron chi connectivity index (χ4n) is 6.44. The Bertz CT molecular complexity index is 1320. The van der Waals surface area contributed by atoms with Gasteiger partial charge in [0, 0.05) is 12.8 Å². The van der Waals surface area contributed by atoms with Crippen LogP contribution in [0.15, 0.2) is 72.9 Å². The molecule has 0 aliphatic carbocycles. The van der Waals surface area contributed by atoms with Crippen molar-refractivity contribution in [3.8, 4) is 0 Å². The van der Waals surface area contributed by atoms with Crippen LogP contribution in [-0.2, 0) is 32.7 Å². The van der Waals surface area contributed by atoms with E-state index in [0.29, 0.717) is 30.3 Å². The molecule has 0 saturated heterocycles. The molecule has 1 N–H and O–H groups in total. The zero-order chi connectivity index (χ0) is 46.5. The minimum absolute atomic E-state index is 0.0435. The molecular formula is C52H92NO9P. The molecule has 0 radical (unpaired) electrons. The summed E-state index contributed by atoms with van der Waals surface area (Å²) in [7, 11) is 1.06. The number of aliphatic hydroxyl groups excluding tert-OH is 1. The molecule has 0 aromatic rings.